The number of carbonyl (C=O) groups is 1. The van der Waals surface area contributed by atoms with Gasteiger partial charge in [-0.2, -0.15) is 0 Å². The van der Waals surface area contributed by atoms with Gasteiger partial charge < -0.3 is 15.0 Å². The number of ether oxygens (including phenoxy) is 1. The van der Waals surface area contributed by atoms with Gasteiger partial charge in [-0.3, -0.25) is 4.79 Å². The van der Waals surface area contributed by atoms with Gasteiger partial charge in [-0.15, -0.1) is 12.4 Å². The topological polar surface area (TPSA) is 41.6 Å². The molecule has 0 aromatic heterocycles. The molecule has 0 aliphatic rings. The number of hydrogen-bond acceptors (Lipinski definition) is 3. The zero-order valence-corrected chi connectivity index (χ0v) is 15.0. The molecule has 2 aromatic rings. The Morgan fingerprint density at radius 3 is 2.46 bits per heavy atom. The van der Waals surface area contributed by atoms with Gasteiger partial charge in [0.25, 0.3) is 0 Å². The summed E-state index contributed by atoms with van der Waals surface area (Å²) in [7, 11) is 3.69. The van der Waals surface area contributed by atoms with E-state index in [-0.39, 0.29) is 18.3 Å². The molecule has 2 aromatic carbocycles. The summed E-state index contributed by atoms with van der Waals surface area (Å²) < 4.78 is 5.85. The van der Waals surface area contributed by atoms with Crippen LogP contribution < -0.4 is 10.1 Å². The van der Waals surface area contributed by atoms with E-state index < -0.39 is 0 Å². The smallest absolute Gasteiger partial charge is 0.225 e. The third kappa shape index (κ3) is 5.87. The maximum atomic E-state index is 12.0. The number of carbonyl (C=O) groups excluding carboxylic acids is 1. The lowest BCUT2D eigenvalue weighted by molar-refractivity contribution is -0.130. The van der Waals surface area contributed by atoms with E-state index in [1.165, 1.54) is 0 Å². The van der Waals surface area contributed by atoms with Gasteiger partial charge in [-0.05, 0) is 18.7 Å². The van der Waals surface area contributed by atoms with Crippen LogP contribution in [0.4, 0.5) is 0 Å². The lowest BCUT2D eigenvalue weighted by Crippen LogP contribution is -2.33. The van der Waals surface area contributed by atoms with Crippen molar-refractivity contribution in [1.82, 2.24) is 10.2 Å². The van der Waals surface area contributed by atoms with Crippen LogP contribution in [0.3, 0.4) is 0 Å². The van der Waals surface area contributed by atoms with Crippen LogP contribution in [-0.2, 0) is 4.79 Å². The lowest BCUT2D eigenvalue weighted by Gasteiger charge is -2.17. The number of amides is 1. The van der Waals surface area contributed by atoms with Crippen LogP contribution in [0.2, 0.25) is 0 Å². The van der Waals surface area contributed by atoms with Gasteiger partial charge in [0.05, 0.1) is 13.0 Å². The molecule has 0 atom stereocenters. The molecule has 0 unspecified atom stereocenters. The molecule has 0 radical (unpaired) electrons. The minimum absolute atomic E-state index is 0. The number of benzene rings is 2. The first-order valence-corrected chi connectivity index (χ1v) is 7.88. The first-order chi connectivity index (χ1) is 11.2. The molecule has 1 N–H and O–H groups in total. The van der Waals surface area contributed by atoms with Crippen molar-refractivity contribution in [2.45, 2.75) is 6.42 Å². The van der Waals surface area contributed by atoms with E-state index in [1.54, 1.807) is 4.90 Å². The van der Waals surface area contributed by atoms with Crippen molar-refractivity contribution in [2.24, 2.45) is 0 Å². The lowest BCUT2D eigenvalue weighted by atomic mass is 10.1. The van der Waals surface area contributed by atoms with Crippen LogP contribution in [0.1, 0.15) is 6.42 Å². The number of nitrogens with zero attached hydrogens (tertiary/aromatic N) is 1. The average Bonchev–Trinajstić information content (AvgIpc) is 2.60. The second kappa shape index (κ2) is 10.7. The van der Waals surface area contributed by atoms with Crippen LogP contribution in [0.25, 0.3) is 11.1 Å². The highest BCUT2D eigenvalue weighted by molar-refractivity contribution is 5.85. The van der Waals surface area contributed by atoms with Crippen LogP contribution in [0.5, 0.6) is 5.75 Å². The minimum atomic E-state index is 0. The monoisotopic (exact) mass is 348 g/mol. The molecule has 4 nitrogen and oxygen atoms in total. The van der Waals surface area contributed by atoms with E-state index in [0.717, 1.165) is 23.4 Å². The van der Waals surface area contributed by atoms with Crippen LogP contribution in [0, 0.1) is 0 Å². The van der Waals surface area contributed by atoms with Gasteiger partial charge in [0.1, 0.15) is 5.75 Å². The van der Waals surface area contributed by atoms with E-state index in [0.29, 0.717) is 19.6 Å². The minimum Gasteiger partial charge on any atom is -0.492 e. The van der Waals surface area contributed by atoms with Gasteiger partial charge >= 0.3 is 0 Å². The van der Waals surface area contributed by atoms with Crippen molar-refractivity contribution in [3.05, 3.63) is 54.6 Å². The molecule has 5 heteroatoms. The second-order valence-electron chi connectivity index (χ2n) is 5.38. The maximum absolute atomic E-state index is 12.0. The molecule has 1 amide bonds. The number of halogens is 1. The summed E-state index contributed by atoms with van der Waals surface area (Å²) in [6, 6.07) is 18.0. The molecule has 0 bridgehead atoms. The highest BCUT2D eigenvalue weighted by Gasteiger charge is 2.10. The standard InChI is InChI=1S/C19H24N2O2.ClH/c1-20-13-14-21(2)19(22)12-15-23-18-11-7-6-10-17(18)16-8-4-3-5-9-16;/h3-11,20H,12-15H2,1-2H3;1H. The van der Waals surface area contributed by atoms with Crippen molar-refractivity contribution in [1.29, 1.82) is 0 Å². The zero-order valence-electron chi connectivity index (χ0n) is 14.2. The van der Waals surface area contributed by atoms with Gasteiger partial charge in [0.2, 0.25) is 5.91 Å². The van der Waals surface area contributed by atoms with Crippen molar-refractivity contribution < 1.29 is 9.53 Å². The number of para-hydroxylation sites is 1. The summed E-state index contributed by atoms with van der Waals surface area (Å²) in [6.45, 7) is 1.88. The predicted octanol–water partition coefficient (Wildman–Crippen LogP) is 3.22. The normalized spacial score (nSPS) is 9.92. The molecule has 0 aliphatic heterocycles. The Kier molecular flexibility index (Phi) is 8.90. The van der Waals surface area contributed by atoms with E-state index in [9.17, 15) is 4.79 Å². The fourth-order valence-electron chi connectivity index (χ4n) is 2.29. The first kappa shape index (κ1) is 20.0. The summed E-state index contributed by atoms with van der Waals surface area (Å²) in [5, 5.41) is 3.04. The highest BCUT2D eigenvalue weighted by atomic mass is 35.5. The summed E-state index contributed by atoms with van der Waals surface area (Å²) >= 11 is 0. The van der Waals surface area contributed by atoms with Gasteiger partial charge in [0.15, 0.2) is 0 Å². The third-order valence-corrected chi connectivity index (χ3v) is 3.67. The number of hydrogen-bond donors (Lipinski definition) is 1. The van der Waals surface area contributed by atoms with Gasteiger partial charge in [-0.25, -0.2) is 0 Å². The molecule has 2 rings (SSSR count). The summed E-state index contributed by atoms with van der Waals surface area (Å²) in [5.74, 6) is 0.904. The fourth-order valence-corrected chi connectivity index (χ4v) is 2.29. The molecule has 0 aliphatic carbocycles. The second-order valence-corrected chi connectivity index (χ2v) is 5.38. The van der Waals surface area contributed by atoms with E-state index in [4.69, 9.17) is 4.74 Å². The molecule has 130 valence electrons. The van der Waals surface area contributed by atoms with Crippen LogP contribution in [-0.4, -0.2) is 44.6 Å². The summed E-state index contributed by atoms with van der Waals surface area (Å²) in [4.78, 5) is 13.7. The molecular weight excluding hydrogens is 324 g/mol. The van der Waals surface area contributed by atoms with Gasteiger partial charge in [-0.1, -0.05) is 48.5 Å². The van der Waals surface area contributed by atoms with E-state index in [1.807, 2.05) is 56.6 Å². The Bertz CT molecular complexity index is 620. The number of rotatable bonds is 8. The van der Waals surface area contributed by atoms with Crippen LogP contribution >= 0.6 is 12.4 Å². The Morgan fingerprint density at radius 1 is 1.08 bits per heavy atom. The SMILES string of the molecule is CNCCN(C)C(=O)CCOc1ccccc1-c1ccccc1.Cl. The Hall–Kier alpha value is -2.04. The van der Waals surface area contributed by atoms with Crippen molar-refractivity contribution in [2.75, 3.05) is 33.8 Å². The Labute approximate surface area is 150 Å². The maximum Gasteiger partial charge on any atom is 0.225 e. The third-order valence-electron chi connectivity index (χ3n) is 3.67. The molecular formula is C19H25ClN2O2. The molecule has 0 saturated carbocycles. The van der Waals surface area contributed by atoms with Crippen molar-refractivity contribution in [3.8, 4) is 16.9 Å². The molecule has 0 heterocycles. The molecule has 0 saturated heterocycles. The summed E-state index contributed by atoms with van der Waals surface area (Å²) in [5.41, 5.74) is 2.16. The average molecular weight is 349 g/mol. The zero-order chi connectivity index (χ0) is 16.5. The van der Waals surface area contributed by atoms with Crippen molar-refractivity contribution >= 4 is 18.3 Å². The Morgan fingerprint density at radius 2 is 1.75 bits per heavy atom. The quantitative estimate of drug-likeness (QED) is 0.796. The largest absolute Gasteiger partial charge is 0.492 e. The Balaban J connectivity index is 0.00000288. The predicted molar refractivity (Wildman–Crippen MR) is 101 cm³/mol. The van der Waals surface area contributed by atoms with Gasteiger partial charge in [0, 0.05) is 25.7 Å². The van der Waals surface area contributed by atoms with E-state index >= 15 is 0 Å². The molecule has 24 heavy (non-hydrogen) atoms. The highest BCUT2D eigenvalue weighted by Crippen LogP contribution is 2.29. The van der Waals surface area contributed by atoms with Crippen molar-refractivity contribution in [3.63, 3.8) is 0 Å². The first-order valence-electron chi connectivity index (χ1n) is 7.88. The van der Waals surface area contributed by atoms with E-state index in [2.05, 4.69) is 17.4 Å². The fraction of sp³-hybridized carbons (Fsp3) is 0.316. The number of nitrogens with one attached hydrogen (secondary N) is 1. The summed E-state index contributed by atoms with van der Waals surface area (Å²) in [6.07, 6.45) is 0.378. The number of likely N-dealkylation sites (N-methyl/N-ethyl adjacent to an activating group) is 2. The molecule has 0 spiro atoms. The molecule has 0 fully saturated rings. The van der Waals surface area contributed by atoms with Crippen LogP contribution in [0.15, 0.2) is 54.6 Å².